The van der Waals surface area contributed by atoms with Gasteiger partial charge in [-0.3, -0.25) is 9.59 Å². The number of amides is 2. The molecule has 1 aliphatic rings. The van der Waals surface area contributed by atoms with E-state index in [4.69, 9.17) is 4.74 Å². The maximum absolute atomic E-state index is 12.9. The third kappa shape index (κ3) is 2.88. The molecule has 2 aromatic carbocycles. The van der Waals surface area contributed by atoms with E-state index < -0.39 is 11.9 Å². The average molecular weight is 314 g/mol. The second-order valence-corrected chi connectivity index (χ2v) is 5.30. The molecular weight excluding hydrogens is 299 g/mol. The Balaban J connectivity index is 1.83. The zero-order valence-electron chi connectivity index (χ0n) is 12.7. The van der Waals surface area contributed by atoms with E-state index in [0.717, 1.165) is 0 Å². The summed E-state index contributed by atoms with van der Waals surface area (Å²) < 4.78 is 18.4. The van der Waals surface area contributed by atoms with E-state index in [-0.39, 0.29) is 11.8 Å². The van der Waals surface area contributed by atoms with Crippen LogP contribution in [0.3, 0.4) is 0 Å². The topological polar surface area (TPSA) is 58.6 Å². The van der Waals surface area contributed by atoms with Crippen LogP contribution in [0.1, 0.15) is 17.3 Å². The van der Waals surface area contributed by atoms with Crippen LogP contribution in [0.2, 0.25) is 0 Å². The van der Waals surface area contributed by atoms with Crippen molar-refractivity contribution in [2.45, 2.75) is 13.0 Å². The SMILES string of the molecule is C[C@@H]1Oc2ccc(NC(=O)c3ccc(F)cc3)cc2N(C)C1=O. The standard InChI is InChI=1S/C17H15FN2O3/c1-10-17(22)20(2)14-9-13(7-8-15(14)23-10)19-16(21)11-3-5-12(18)6-4-11/h3-10H,1-2H3,(H,19,21)/t10-/m0/s1. The normalized spacial score (nSPS) is 16.6. The number of fused-ring (bicyclic) bond motifs is 1. The average Bonchev–Trinajstić information content (AvgIpc) is 2.54. The summed E-state index contributed by atoms with van der Waals surface area (Å²) in [5, 5.41) is 2.72. The van der Waals surface area contributed by atoms with Gasteiger partial charge in [-0.05, 0) is 49.4 Å². The first-order chi connectivity index (χ1) is 11.0. The van der Waals surface area contributed by atoms with Crippen molar-refractivity contribution in [3.63, 3.8) is 0 Å². The minimum absolute atomic E-state index is 0.153. The van der Waals surface area contributed by atoms with Gasteiger partial charge in [0.1, 0.15) is 11.6 Å². The van der Waals surface area contributed by atoms with Crippen LogP contribution in [0.4, 0.5) is 15.8 Å². The minimum atomic E-state index is -0.535. The number of halogens is 1. The molecule has 0 fully saturated rings. The summed E-state index contributed by atoms with van der Waals surface area (Å²) in [5.41, 5.74) is 1.46. The molecule has 3 rings (SSSR count). The Hall–Kier alpha value is -2.89. The molecule has 1 N–H and O–H groups in total. The predicted molar refractivity (Wildman–Crippen MR) is 84.3 cm³/mol. The highest BCUT2D eigenvalue weighted by atomic mass is 19.1. The molecule has 0 bridgehead atoms. The molecular formula is C17H15FN2O3. The van der Waals surface area contributed by atoms with Crippen molar-refractivity contribution in [1.82, 2.24) is 0 Å². The number of anilines is 2. The van der Waals surface area contributed by atoms with Crippen molar-refractivity contribution in [3.8, 4) is 5.75 Å². The molecule has 0 saturated heterocycles. The van der Waals surface area contributed by atoms with Crippen LogP contribution in [0.15, 0.2) is 42.5 Å². The van der Waals surface area contributed by atoms with E-state index in [9.17, 15) is 14.0 Å². The van der Waals surface area contributed by atoms with Crippen LogP contribution >= 0.6 is 0 Å². The Bertz CT molecular complexity index is 774. The molecule has 0 aromatic heterocycles. The number of nitrogens with one attached hydrogen (secondary N) is 1. The molecule has 0 spiro atoms. The summed E-state index contributed by atoms with van der Waals surface area (Å²) in [6, 6.07) is 10.3. The van der Waals surface area contributed by atoms with Crippen molar-refractivity contribution in [2.75, 3.05) is 17.3 Å². The Morgan fingerprint density at radius 3 is 2.61 bits per heavy atom. The van der Waals surface area contributed by atoms with Gasteiger partial charge in [0.2, 0.25) is 0 Å². The smallest absolute Gasteiger partial charge is 0.267 e. The molecule has 6 heteroatoms. The van der Waals surface area contributed by atoms with E-state index in [0.29, 0.717) is 22.7 Å². The highest BCUT2D eigenvalue weighted by molar-refractivity contribution is 6.05. The molecule has 0 radical (unpaired) electrons. The first-order valence-corrected chi connectivity index (χ1v) is 7.11. The Morgan fingerprint density at radius 2 is 1.91 bits per heavy atom. The summed E-state index contributed by atoms with van der Waals surface area (Å²) in [5.74, 6) is -0.329. The first-order valence-electron chi connectivity index (χ1n) is 7.11. The van der Waals surface area contributed by atoms with Gasteiger partial charge in [-0.1, -0.05) is 0 Å². The number of carbonyl (C=O) groups excluding carboxylic acids is 2. The third-order valence-corrected chi connectivity index (χ3v) is 3.67. The van der Waals surface area contributed by atoms with Gasteiger partial charge < -0.3 is 15.0 Å². The second-order valence-electron chi connectivity index (χ2n) is 5.30. The Morgan fingerprint density at radius 1 is 1.22 bits per heavy atom. The van der Waals surface area contributed by atoms with Crippen LogP contribution in [0, 0.1) is 5.82 Å². The van der Waals surface area contributed by atoms with Gasteiger partial charge in [-0.25, -0.2) is 4.39 Å². The van der Waals surface area contributed by atoms with Gasteiger partial charge in [-0.2, -0.15) is 0 Å². The highest BCUT2D eigenvalue weighted by Crippen LogP contribution is 2.35. The van der Waals surface area contributed by atoms with Crippen molar-refractivity contribution >= 4 is 23.2 Å². The molecule has 118 valence electrons. The van der Waals surface area contributed by atoms with E-state index in [2.05, 4.69) is 5.32 Å². The molecule has 0 unspecified atom stereocenters. The molecule has 0 aliphatic carbocycles. The van der Waals surface area contributed by atoms with E-state index in [1.54, 1.807) is 32.2 Å². The fraction of sp³-hybridized carbons (Fsp3) is 0.176. The van der Waals surface area contributed by atoms with Crippen LogP contribution in [-0.4, -0.2) is 25.0 Å². The summed E-state index contributed by atoms with van der Waals surface area (Å²) in [4.78, 5) is 25.6. The molecule has 1 aliphatic heterocycles. The maximum atomic E-state index is 12.9. The number of carbonyl (C=O) groups is 2. The van der Waals surface area contributed by atoms with Crippen LogP contribution < -0.4 is 15.0 Å². The van der Waals surface area contributed by atoms with Crippen LogP contribution in [0.25, 0.3) is 0 Å². The number of ether oxygens (including phenoxy) is 1. The Labute approximate surface area is 132 Å². The fourth-order valence-corrected chi connectivity index (χ4v) is 2.39. The lowest BCUT2D eigenvalue weighted by Gasteiger charge is -2.30. The Kier molecular flexibility index (Phi) is 3.73. The lowest BCUT2D eigenvalue weighted by atomic mass is 10.1. The van der Waals surface area contributed by atoms with Crippen molar-refractivity contribution in [3.05, 3.63) is 53.8 Å². The van der Waals surface area contributed by atoms with Crippen molar-refractivity contribution in [1.29, 1.82) is 0 Å². The number of nitrogens with zero attached hydrogens (tertiary/aromatic N) is 1. The van der Waals surface area contributed by atoms with E-state index in [1.165, 1.54) is 29.2 Å². The zero-order valence-corrected chi connectivity index (χ0v) is 12.7. The van der Waals surface area contributed by atoms with E-state index in [1.807, 2.05) is 0 Å². The molecule has 1 atom stereocenters. The van der Waals surface area contributed by atoms with E-state index >= 15 is 0 Å². The van der Waals surface area contributed by atoms with Gasteiger partial charge in [0, 0.05) is 18.3 Å². The summed E-state index contributed by atoms with van der Waals surface area (Å²) in [7, 11) is 1.66. The van der Waals surface area contributed by atoms with Gasteiger partial charge in [0.15, 0.2) is 6.10 Å². The van der Waals surface area contributed by atoms with Crippen molar-refractivity contribution < 1.29 is 18.7 Å². The minimum Gasteiger partial charge on any atom is -0.479 e. The molecule has 2 aromatic rings. The predicted octanol–water partition coefficient (Wildman–Crippen LogP) is 2.82. The van der Waals surface area contributed by atoms with Crippen LogP contribution in [0.5, 0.6) is 5.75 Å². The molecule has 0 saturated carbocycles. The fourth-order valence-electron chi connectivity index (χ4n) is 2.39. The van der Waals surface area contributed by atoms with Gasteiger partial charge in [-0.15, -0.1) is 0 Å². The maximum Gasteiger partial charge on any atom is 0.267 e. The lowest BCUT2D eigenvalue weighted by Crippen LogP contribution is -2.41. The summed E-state index contributed by atoms with van der Waals surface area (Å²) in [6.07, 6.45) is -0.535. The first kappa shape index (κ1) is 15.0. The molecule has 5 nitrogen and oxygen atoms in total. The second kappa shape index (κ2) is 5.72. The third-order valence-electron chi connectivity index (χ3n) is 3.67. The lowest BCUT2D eigenvalue weighted by molar-refractivity contribution is -0.125. The highest BCUT2D eigenvalue weighted by Gasteiger charge is 2.29. The quantitative estimate of drug-likeness (QED) is 0.927. The number of hydrogen-bond donors (Lipinski definition) is 1. The largest absolute Gasteiger partial charge is 0.479 e. The molecule has 23 heavy (non-hydrogen) atoms. The number of likely N-dealkylation sites (N-methyl/N-ethyl adjacent to an activating group) is 1. The number of hydrogen-bond acceptors (Lipinski definition) is 3. The monoisotopic (exact) mass is 314 g/mol. The summed E-state index contributed by atoms with van der Waals surface area (Å²) >= 11 is 0. The molecule has 2 amide bonds. The van der Waals surface area contributed by atoms with Crippen LogP contribution in [-0.2, 0) is 4.79 Å². The van der Waals surface area contributed by atoms with Gasteiger partial charge in [0.05, 0.1) is 5.69 Å². The zero-order chi connectivity index (χ0) is 16.6. The van der Waals surface area contributed by atoms with Crippen molar-refractivity contribution in [2.24, 2.45) is 0 Å². The van der Waals surface area contributed by atoms with Gasteiger partial charge >= 0.3 is 0 Å². The number of benzene rings is 2. The van der Waals surface area contributed by atoms with Gasteiger partial charge in [0.25, 0.3) is 11.8 Å². The number of rotatable bonds is 2. The molecule has 1 heterocycles. The summed E-state index contributed by atoms with van der Waals surface area (Å²) in [6.45, 7) is 1.69.